The van der Waals surface area contributed by atoms with Crippen molar-refractivity contribution < 1.29 is 9.53 Å². The summed E-state index contributed by atoms with van der Waals surface area (Å²) in [6, 6.07) is 16.1. The van der Waals surface area contributed by atoms with Crippen LogP contribution in [0.5, 0.6) is 0 Å². The summed E-state index contributed by atoms with van der Waals surface area (Å²) >= 11 is 6.16. The summed E-state index contributed by atoms with van der Waals surface area (Å²) in [6.07, 6.45) is 1.15. The number of hydrogen-bond donors (Lipinski definition) is 1. The van der Waals surface area contributed by atoms with Crippen LogP contribution < -0.4 is 5.32 Å². The van der Waals surface area contributed by atoms with E-state index in [9.17, 15) is 4.79 Å². The molecule has 2 aliphatic rings. The number of carbonyl (C=O) groups is 1. The number of amides is 1. The van der Waals surface area contributed by atoms with Crippen molar-refractivity contribution in [1.82, 2.24) is 10.2 Å². The van der Waals surface area contributed by atoms with Crippen molar-refractivity contribution in [1.29, 1.82) is 0 Å². The number of nitrogens with one attached hydrogen (secondary N) is 1. The average molecular weight is 371 g/mol. The largest absolute Gasteiger partial charge is 0.373 e. The maximum Gasteiger partial charge on any atom is 0.226 e. The molecule has 2 aromatic rings. The smallest absolute Gasteiger partial charge is 0.226 e. The van der Waals surface area contributed by atoms with E-state index >= 15 is 0 Å². The van der Waals surface area contributed by atoms with E-state index < -0.39 is 0 Å². The van der Waals surface area contributed by atoms with Gasteiger partial charge in [0.2, 0.25) is 5.91 Å². The Bertz CT molecular complexity index is 795. The molecule has 1 N–H and O–H groups in total. The Hall–Kier alpha value is -1.88. The van der Waals surface area contributed by atoms with Crippen molar-refractivity contribution >= 4 is 17.5 Å². The van der Waals surface area contributed by atoms with Gasteiger partial charge in [0.1, 0.15) is 0 Å². The number of ether oxygens (including phenoxy) is 1. The first kappa shape index (κ1) is 17.5. The Balaban J connectivity index is 1.53. The van der Waals surface area contributed by atoms with Crippen LogP contribution in [-0.4, -0.2) is 37.0 Å². The van der Waals surface area contributed by atoms with Gasteiger partial charge in [0.25, 0.3) is 0 Å². The topological polar surface area (TPSA) is 41.6 Å². The van der Waals surface area contributed by atoms with Crippen molar-refractivity contribution in [3.8, 4) is 0 Å². The van der Waals surface area contributed by atoms with Crippen molar-refractivity contribution in [2.45, 2.75) is 25.0 Å². The van der Waals surface area contributed by atoms with Crippen LogP contribution in [-0.2, 0) is 16.0 Å². The molecule has 4 rings (SSSR count). The Morgan fingerprint density at radius 1 is 1.23 bits per heavy atom. The summed E-state index contributed by atoms with van der Waals surface area (Å²) in [6.45, 7) is 2.93. The molecule has 4 nitrogen and oxygen atoms in total. The zero-order chi connectivity index (χ0) is 17.9. The molecule has 2 heterocycles. The molecule has 136 valence electrons. The molecule has 1 saturated heterocycles. The normalized spacial score (nSPS) is 22.7. The Morgan fingerprint density at radius 2 is 2.12 bits per heavy atom. The molecule has 0 radical (unpaired) electrons. The highest BCUT2D eigenvalue weighted by atomic mass is 35.5. The summed E-state index contributed by atoms with van der Waals surface area (Å²) < 4.78 is 5.94. The van der Waals surface area contributed by atoms with Crippen LogP contribution in [0.4, 0.5) is 0 Å². The number of hydrogen-bond acceptors (Lipinski definition) is 3. The monoisotopic (exact) mass is 370 g/mol. The number of benzene rings is 2. The van der Waals surface area contributed by atoms with Crippen molar-refractivity contribution in [2.75, 3.05) is 26.2 Å². The second kappa shape index (κ2) is 7.78. The molecule has 0 aromatic heterocycles. The zero-order valence-corrected chi connectivity index (χ0v) is 15.4. The number of halogens is 1. The summed E-state index contributed by atoms with van der Waals surface area (Å²) in [7, 11) is 0. The van der Waals surface area contributed by atoms with Gasteiger partial charge in [-0.15, -0.1) is 0 Å². The van der Waals surface area contributed by atoms with E-state index in [0.717, 1.165) is 30.6 Å². The fourth-order valence-electron chi connectivity index (χ4n) is 3.94. The van der Waals surface area contributed by atoms with Crippen LogP contribution in [0.3, 0.4) is 0 Å². The summed E-state index contributed by atoms with van der Waals surface area (Å²) in [5.74, 6) is 0.137. The lowest BCUT2D eigenvalue weighted by Crippen LogP contribution is -2.49. The molecule has 1 amide bonds. The van der Waals surface area contributed by atoms with Crippen LogP contribution in [0.1, 0.15) is 35.3 Å². The predicted octanol–water partition coefficient (Wildman–Crippen LogP) is 3.52. The minimum atomic E-state index is -0.151. The fourth-order valence-corrected chi connectivity index (χ4v) is 4.13. The highest BCUT2D eigenvalue weighted by Gasteiger charge is 2.31. The number of piperazine rings is 1. The lowest BCUT2D eigenvalue weighted by molar-refractivity contribution is -0.138. The SMILES string of the molecule is O=C(CC1OCCc2ccccc21)N1CCNCC1c1cccc(Cl)c1. The highest BCUT2D eigenvalue weighted by Crippen LogP contribution is 2.32. The first-order valence-corrected chi connectivity index (χ1v) is 9.55. The molecule has 2 aliphatic heterocycles. The van der Waals surface area contributed by atoms with Gasteiger partial charge in [-0.3, -0.25) is 4.79 Å². The number of fused-ring (bicyclic) bond motifs is 1. The highest BCUT2D eigenvalue weighted by molar-refractivity contribution is 6.30. The van der Waals surface area contributed by atoms with Crippen LogP contribution in [0.15, 0.2) is 48.5 Å². The lowest BCUT2D eigenvalue weighted by atomic mass is 9.95. The van der Waals surface area contributed by atoms with Gasteiger partial charge >= 0.3 is 0 Å². The molecule has 0 bridgehead atoms. The fraction of sp³-hybridized carbons (Fsp3) is 0.381. The molecular weight excluding hydrogens is 348 g/mol. The molecule has 2 atom stereocenters. The van der Waals surface area contributed by atoms with Gasteiger partial charge in [-0.1, -0.05) is 48.0 Å². The minimum absolute atomic E-state index is 0.00813. The van der Waals surface area contributed by atoms with Gasteiger partial charge in [0, 0.05) is 24.7 Å². The molecule has 2 unspecified atom stereocenters. The van der Waals surface area contributed by atoms with Crippen molar-refractivity contribution in [2.24, 2.45) is 0 Å². The number of nitrogens with zero attached hydrogens (tertiary/aromatic N) is 1. The van der Waals surface area contributed by atoms with E-state index in [1.54, 1.807) is 0 Å². The van der Waals surface area contributed by atoms with E-state index in [1.807, 2.05) is 35.2 Å². The third kappa shape index (κ3) is 3.63. The molecule has 0 saturated carbocycles. The number of rotatable bonds is 3. The third-order valence-corrected chi connectivity index (χ3v) is 5.48. The molecule has 0 spiro atoms. The van der Waals surface area contributed by atoms with E-state index in [0.29, 0.717) is 24.6 Å². The third-order valence-electron chi connectivity index (χ3n) is 5.25. The van der Waals surface area contributed by atoms with Crippen LogP contribution in [0.25, 0.3) is 0 Å². The van der Waals surface area contributed by atoms with Gasteiger partial charge in [0.15, 0.2) is 0 Å². The van der Waals surface area contributed by atoms with E-state index in [1.165, 1.54) is 5.56 Å². The molecule has 1 fully saturated rings. The van der Waals surface area contributed by atoms with Gasteiger partial charge in [-0.05, 0) is 35.2 Å². The van der Waals surface area contributed by atoms with Gasteiger partial charge < -0.3 is 15.0 Å². The van der Waals surface area contributed by atoms with Gasteiger partial charge in [-0.25, -0.2) is 0 Å². The summed E-state index contributed by atoms with van der Waals surface area (Å²) in [5, 5.41) is 4.09. The molecular formula is C21H23ClN2O2. The average Bonchev–Trinajstić information content (AvgIpc) is 2.68. The predicted molar refractivity (Wildman–Crippen MR) is 102 cm³/mol. The van der Waals surface area contributed by atoms with E-state index in [2.05, 4.69) is 23.5 Å². The van der Waals surface area contributed by atoms with Crippen molar-refractivity contribution in [3.63, 3.8) is 0 Å². The van der Waals surface area contributed by atoms with E-state index in [4.69, 9.17) is 16.3 Å². The number of carbonyl (C=O) groups excluding carboxylic acids is 1. The van der Waals surface area contributed by atoms with Crippen molar-refractivity contribution in [3.05, 3.63) is 70.2 Å². The van der Waals surface area contributed by atoms with Crippen LogP contribution in [0.2, 0.25) is 5.02 Å². The lowest BCUT2D eigenvalue weighted by Gasteiger charge is -2.38. The maximum absolute atomic E-state index is 13.1. The standard InChI is InChI=1S/C21H23ClN2O2/c22-17-6-3-5-16(12-17)19-14-23-9-10-24(19)21(25)13-20-18-7-2-1-4-15(18)8-11-26-20/h1-7,12,19-20,23H,8-11,13-14H2. The van der Waals surface area contributed by atoms with Crippen LogP contribution >= 0.6 is 11.6 Å². The second-order valence-electron chi connectivity index (χ2n) is 6.87. The Kier molecular flexibility index (Phi) is 5.25. The van der Waals surface area contributed by atoms with E-state index in [-0.39, 0.29) is 18.1 Å². The molecule has 2 aromatic carbocycles. The van der Waals surface area contributed by atoms with Gasteiger partial charge in [0.05, 0.1) is 25.2 Å². The minimum Gasteiger partial charge on any atom is -0.373 e. The van der Waals surface area contributed by atoms with Crippen LogP contribution in [0, 0.1) is 0 Å². The molecule has 5 heteroatoms. The Labute approximate surface area is 159 Å². The van der Waals surface area contributed by atoms with Gasteiger partial charge in [-0.2, -0.15) is 0 Å². The molecule has 0 aliphatic carbocycles. The summed E-state index contributed by atoms with van der Waals surface area (Å²) in [5.41, 5.74) is 3.52. The Morgan fingerprint density at radius 3 is 3.00 bits per heavy atom. The summed E-state index contributed by atoms with van der Waals surface area (Å²) in [4.78, 5) is 15.1. The first-order chi connectivity index (χ1) is 12.7. The first-order valence-electron chi connectivity index (χ1n) is 9.17. The zero-order valence-electron chi connectivity index (χ0n) is 14.7. The second-order valence-corrected chi connectivity index (χ2v) is 7.31. The molecule has 26 heavy (non-hydrogen) atoms. The quantitative estimate of drug-likeness (QED) is 0.898. The maximum atomic E-state index is 13.1.